The fraction of sp³-hybridized carbons (Fsp3) is 0.640. The first-order valence-corrected chi connectivity index (χ1v) is 12.7. The van der Waals surface area contributed by atoms with Gasteiger partial charge in [-0.1, -0.05) is 12.8 Å². The highest BCUT2D eigenvalue weighted by atomic mass is 16.3. The number of hydrogen-bond donors (Lipinski definition) is 1. The summed E-state index contributed by atoms with van der Waals surface area (Å²) < 4.78 is 5.34. The van der Waals surface area contributed by atoms with Crippen LogP contribution in [0, 0.1) is 0 Å². The molecular weight excluding hydrogens is 416 g/mol. The number of nitrogens with one attached hydrogen (secondary N) is 1. The first-order chi connectivity index (χ1) is 16.3. The van der Waals surface area contributed by atoms with E-state index in [1.165, 1.54) is 25.7 Å². The van der Waals surface area contributed by atoms with Gasteiger partial charge in [-0.25, -0.2) is 4.98 Å². The Kier molecular flexibility index (Phi) is 7.09. The van der Waals surface area contributed by atoms with Crippen molar-refractivity contribution in [2.75, 3.05) is 49.5 Å². The van der Waals surface area contributed by atoms with Crippen molar-refractivity contribution in [3.63, 3.8) is 0 Å². The average Bonchev–Trinajstić information content (AvgIpc) is 3.26. The van der Waals surface area contributed by atoms with Crippen LogP contribution in [0.4, 0.5) is 11.8 Å². The molecule has 2 aromatic heterocycles. The molecule has 5 heterocycles. The number of furan rings is 1. The summed E-state index contributed by atoms with van der Waals surface area (Å²) in [6.07, 6.45) is 13.0. The molecule has 3 aliphatic heterocycles. The van der Waals surface area contributed by atoms with Crippen LogP contribution in [0.5, 0.6) is 0 Å². The Morgan fingerprint density at radius 2 is 1.82 bits per heavy atom. The molecule has 178 valence electrons. The van der Waals surface area contributed by atoms with E-state index in [2.05, 4.69) is 20.1 Å². The van der Waals surface area contributed by atoms with Crippen molar-refractivity contribution >= 4 is 17.7 Å². The highest BCUT2D eigenvalue weighted by molar-refractivity contribution is 5.91. The van der Waals surface area contributed by atoms with Gasteiger partial charge in [0.05, 0.1) is 6.26 Å². The molecule has 33 heavy (non-hydrogen) atoms. The maximum atomic E-state index is 12.8. The maximum Gasteiger partial charge on any atom is 0.289 e. The van der Waals surface area contributed by atoms with Gasteiger partial charge in [0.1, 0.15) is 5.82 Å². The van der Waals surface area contributed by atoms with Crippen LogP contribution in [0.25, 0.3) is 0 Å². The monoisotopic (exact) mass is 452 g/mol. The molecule has 8 heteroatoms. The van der Waals surface area contributed by atoms with E-state index >= 15 is 0 Å². The Hall–Kier alpha value is -2.61. The summed E-state index contributed by atoms with van der Waals surface area (Å²) in [6.45, 7) is 5.80. The lowest BCUT2D eigenvalue weighted by Crippen LogP contribution is -2.54. The second kappa shape index (κ2) is 10.5. The Balaban J connectivity index is 1.19. The third-order valence-electron chi connectivity index (χ3n) is 7.29. The molecule has 3 fully saturated rings. The Labute approximate surface area is 196 Å². The number of carbonyl (C=O) groups excluding carboxylic acids is 1. The van der Waals surface area contributed by atoms with Crippen molar-refractivity contribution in [1.82, 2.24) is 19.8 Å². The number of rotatable bonds is 5. The summed E-state index contributed by atoms with van der Waals surface area (Å²) in [7, 11) is 0. The van der Waals surface area contributed by atoms with E-state index in [1.54, 1.807) is 18.4 Å². The quantitative estimate of drug-likeness (QED) is 0.742. The molecule has 0 aromatic carbocycles. The highest BCUT2D eigenvalue weighted by Crippen LogP contribution is 2.24. The van der Waals surface area contributed by atoms with Gasteiger partial charge in [0.25, 0.3) is 5.91 Å². The molecule has 5 rings (SSSR count). The Bertz CT molecular complexity index is 896. The number of piperidine rings is 2. The van der Waals surface area contributed by atoms with Gasteiger partial charge in [-0.05, 0) is 63.3 Å². The minimum Gasteiger partial charge on any atom is -0.459 e. The van der Waals surface area contributed by atoms with Crippen molar-refractivity contribution in [3.05, 3.63) is 36.4 Å². The minimum absolute atomic E-state index is 0.00936. The number of nitrogens with zero attached hydrogens (tertiary/aromatic N) is 5. The molecule has 0 bridgehead atoms. The molecule has 2 aromatic rings. The van der Waals surface area contributed by atoms with E-state index in [-0.39, 0.29) is 5.91 Å². The van der Waals surface area contributed by atoms with E-state index in [9.17, 15) is 4.79 Å². The van der Waals surface area contributed by atoms with Crippen LogP contribution in [-0.4, -0.2) is 77.0 Å². The zero-order valence-electron chi connectivity index (χ0n) is 19.5. The molecule has 8 nitrogen and oxygen atoms in total. The second-order valence-corrected chi connectivity index (χ2v) is 9.64. The Morgan fingerprint density at radius 3 is 2.64 bits per heavy atom. The van der Waals surface area contributed by atoms with Crippen molar-refractivity contribution in [2.45, 2.75) is 63.5 Å². The number of aromatic nitrogens is 2. The number of amides is 1. The van der Waals surface area contributed by atoms with Crippen LogP contribution in [-0.2, 0) is 0 Å². The van der Waals surface area contributed by atoms with Crippen LogP contribution in [0.2, 0.25) is 0 Å². The third kappa shape index (κ3) is 5.49. The van der Waals surface area contributed by atoms with Gasteiger partial charge in [-0.3, -0.25) is 9.69 Å². The van der Waals surface area contributed by atoms with E-state index in [4.69, 9.17) is 9.40 Å². The predicted molar refractivity (Wildman–Crippen MR) is 129 cm³/mol. The number of anilines is 2. The average molecular weight is 453 g/mol. The summed E-state index contributed by atoms with van der Waals surface area (Å²) in [5, 5.41) is 3.62. The van der Waals surface area contributed by atoms with Gasteiger partial charge < -0.3 is 19.5 Å². The van der Waals surface area contributed by atoms with Gasteiger partial charge in [0.15, 0.2) is 5.76 Å². The van der Waals surface area contributed by atoms with Crippen LogP contribution < -0.4 is 10.2 Å². The van der Waals surface area contributed by atoms with E-state index in [0.717, 1.165) is 76.7 Å². The smallest absolute Gasteiger partial charge is 0.289 e. The van der Waals surface area contributed by atoms with Gasteiger partial charge in [0, 0.05) is 51.0 Å². The lowest BCUT2D eigenvalue weighted by molar-refractivity contribution is 0.0500. The topological polar surface area (TPSA) is 77.7 Å². The summed E-state index contributed by atoms with van der Waals surface area (Å²) >= 11 is 0. The lowest BCUT2D eigenvalue weighted by atomic mass is 9.98. The van der Waals surface area contributed by atoms with Gasteiger partial charge >= 0.3 is 0 Å². The van der Waals surface area contributed by atoms with Crippen molar-refractivity contribution in [3.8, 4) is 0 Å². The molecule has 3 saturated heterocycles. The predicted octanol–water partition coefficient (Wildman–Crippen LogP) is 3.63. The lowest BCUT2D eigenvalue weighted by Gasteiger charge is -2.43. The van der Waals surface area contributed by atoms with Crippen LogP contribution in [0.15, 0.2) is 35.1 Å². The van der Waals surface area contributed by atoms with Gasteiger partial charge in [-0.15, -0.1) is 0 Å². The third-order valence-corrected chi connectivity index (χ3v) is 7.29. The molecule has 0 aliphatic carbocycles. The van der Waals surface area contributed by atoms with Crippen molar-refractivity contribution < 1.29 is 9.21 Å². The maximum absolute atomic E-state index is 12.8. The molecule has 2 unspecified atom stereocenters. The Morgan fingerprint density at radius 1 is 0.970 bits per heavy atom. The van der Waals surface area contributed by atoms with Crippen LogP contribution in [0.3, 0.4) is 0 Å². The summed E-state index contributed by atoms with van der Waals surface area (Å²) in [4.78, 5) is 29.1. The summed E-state index contributed by atoms with van der Waals surface area (Å²) in [6, 6.07) is 6.29. The molecule has 0 saturated carbocycles. The van der Waals surface area contributed by atoms with Crippen LogP contribution >= 0.6 is 0 Å². The minimum atomic E-state index is 0.00936. The van der Waals surface area contributed by atoms with Gasteiger partial charge in [0.2, 0.25) is 5.95 Å². The first kappa shape index (κ1) is 22.2. The van der Waals surface area contributed by atoms with Crippen molar-refractivity contribution in [2.24, 2.45) is 0 Å². The molecule has 3 aliphatic rings. The molecule has 0 spiro atoms. The first-order valence-electron chi connectivity index (χ1n) is 12.7. The zero-order chi connectivity index (χ0) is 22.5. The number of carbonyl (C=O) groups is 1. The van der Waals surface area contributed by atoms with E-state index < -0.39 is 0 Å². The summed E-state index contributed by atoms with van der Waals surface area (Å²) in [5.74, 6) is 2.23. The van der Waals surface area contributed by atoms with E-state index in [0.29, 0.717) is 17.8 Å². The number of likely N-dealkylation sites (tertiary alicyclic amines) is 2. The second-order valence-electron chi connectivity index (χ2n) is 9.64. The molecule has 1 amide bonds. The molecule has 2 atom stereocenters. The molecule has 1 N–H and O–H groups in total. The molecular formula is C25H36N6O2. The molecule has 0 radical (unpaired) electrons. The van der Waals surface area contributed by atoms with Crippen molar-refractivity contribution in [1.29, 1.82) is 0 Å². The fourth-order valence-electron chi connectivity index (χ4n) is 5.53. The zero-order valence-corrected chi connectivity index (χ0v) is 19.5. The fourth-order valence-corrected chi connectivity index (χ4v) is 5.53. The summed E-state index contributed by atoms with van der Waals surface area (Å²) in [5.41, 5.74) is 0. The SMILES string of the molecule is O=C(c1ccco1)N1CCCC(N2CCCC(Nc3nccc(N4CCCCCC4)n3)C2)C1. The van der Waals surface area contributed by atoms with Gasteiger partial charge in [-0.2, -0.15) is 4.98 Å². The van der Waals surface area contributed by atoms with E-state index in [1.807, 2.05) is 17.2 Å². The number of hydrogen-bond acceptors (Lipinski definition) is 7. The highest BCUT2D eigenvalue weighted by Gasteiger charge is 2.32. The van der Waals surface area contributed by atoms with Crippen LogP contribution in [0.1, 0.15) is 61.9 Å². The largest absolute Gasteiger partial charge is 0.459 e. The normalized spacial score (nSPS) is 25.0. The standard InChI is InChI=1S/C25H36N6O2/c32-24(22-10-7-17-33-22)31-16-6-9-21(19-31)30-15-5-8-20(18-30)27-25-26-12-11-23(28-25)29-13-3-1-2-4-14-29/h7,10-12,17,20-21H,1-6,8-9,13-16,18-19H2,(H,26,27,28).